The SMILES string of the molecule is CCN(c1ccccc1)S(=O)(=O)c1ccc(NC(=O)CC(=O)OC)cc1. The zero-order chi connectivity index (χ0) is 19.2. The molecule has 1 amide bonds. The van der Waals surface area contributed by atoms with Crippen LogP contribution in [0.3, 0.4) is 0 Å². The summed E-state index contributed by atoms with van der Waals surface area (Å²) in [5, 5.41) is 2.51. The van der Waals surface area contributed by atoms with E-state index in [1.54, 1.807) is 31.2 Å². The number of sulfonamides is 1. The molecule has 138 valence electrons. The van der Waals surface area contributed by atoms with Crippen LogP contribution in [0.15, 0.2) is 59.5 Å². The fraction of sp³-hybridized carbons (Fsp3) is 0.222. The van der Waals surface area contributed by atoms with Crippen molar-refractivity contribution in [3.05, 3.63) is 54.6 Å². The Morgan fingerprint density at radius 2 is 1.65 bits per heavy atom. The molecule has 0 saturated carbocycles. The molecule has 0 aliphatic carbocycles. The second-order valence-corrected chi connectivity index (χ2v) is 7.19. The lowest BCUT2D eigenvalue weighted by Gasteiger charge is -2.23. The van der Waals surface area contributed by atoms with Crippen LogP contribution in [0.4, 0.5) is 11.4 Å². The number of para-hydroxylation sites is 1. The van der Waals surface area contributed by atoms with Gasteiger partial charge in [-0.25, -0.2) is 8.42 Å². The summed E-state index contributed by atoms with van der Waals surface area (Å²) in [6.45, 7) is 2.04. The first-order chi connectivity index (χ1) is 12.4. The number of hydrogen-bond acceptors (Lipinski definition) is 5. The smallest absolute Gasteiger partial charge is 0.315 e. The van der Waals surface area contributed by atoms with Gasteiger partial charge in [0.2, 0.25) is 5.91 Å². The fourth-order valence-corrected chi connectivity index (χ4v) is 3.81. The highest BCUT2D eigenvalue weighted by atomic mass is 32.2. The van der Waals surface area contributed by atoms with Crippen molar-refractivity contribution in [3.8, 4) is 0 Å². The third-order valence-corrected chi connectivity index (χ3v) is 5.51. The quantitative estimate of drug-likeness (QED) is 0.592. The van der Waals surface area contributed by atoms with Gasteiger partial charge in [0.1, 0.15) is 6.42 Å². The highest BCUT2D eigenvalue weighted by Gasteiger charge is 2.23. The van der Waals surface area contributed by atoms with Gasteiger partial charge in [0.05, 0.1) is 17.7 Å². The maximum atomic E-state index is 12.9. The summed E-state index contributed by atoms with van der Waals surface area (Å²) in [7, 11) is -2.53. The van der Waals surface area contributed by atoms with Crippen LogP contribution >= 0.6 is 0 Å². The van der Waals surface area contributed by atoms with Crippen molar-refractivity contribution in [2.75, 3.05) is 23.3 Å². The predicted molar refractivity (Wildman–Crippen MR) is 98.4 cm³/mol. The number of anilines is 2. The van der Waals surface area contributed by atoms with E-state index in [2.05, 4.69) is 10.1 Å². The number of methoxy groups -OCH3 is 1. The van der Waals surface area contributed by atoms with E-state index in [9.17, 15) is 18.0 Å². The number of benzene rings is 2. The summed E-state index contributed by atoms with van der Waals surface area (Å²) in [5.41, 5.74) is 0.964. The molecule has 1 N–H and O–H groups in total. The van der Waals surface area contributed by atoms with Crippen molar-refractivity contribution >= 4 is 33.3 Å². The lowest BCUT2D eigenvalue weighted by molar-refractivity contribution is -0.142. The minimum absolute atomic E-state index is 0.106. The molecular weight excluding hydrogens is 356 g/mol. The van der Waals surface area contributed by atoms with Crippen molar-refractivity contribution in [1.82, 2.24) is 0 Å². The lowest BCUT2D eigenvalue weighted by Crippen LogP contribution is -2.30. The van der Waals surface area contributed by atoms with Gasteiger partial charge in [-0.2, -0.15) is 0 Å². The molecule has 0 saturated heterocycles. The summed E-state index contributed by atoms with van der Waals surface area (Å²) in [6, 6.07) is 14.6. The van der Waals surface area contributed by atoms with E-state index in [1.165, 1.54) is 35.7 Å². The zero-order valence-electron chi connectivity index (χ0n) is 14.5. The van der Waals surface area contributed by atoms with Crippen molar-refractivity contribution in [2.45, 2.75) is 18.2 Å². The molecule has 0 spiro atoms. The molecule has 0 aliphatic heterocycles. The maximum Gasteiger partial charge on any atom is 0.315 e. The molecular formula is C18H20N2O5S. The number of carbonyl (C=O) groups excluding carboxylic acids is 2. The zero-order valence-corrected chi connectivity index (χ0v) is 15.3. The van der Waals surface area contributed by atoms with Gasteiger partial charge >= 0.3 is 5.97 Å². The Bertz CT molecular complexity index is 864. The maximum absolute atomic E-state index is 12.9. The van der Waals surface area contributed by atoms with Crippen LogP contribution in [0.25, 0.3) is 0 Å². The molecule has 0 aromatic heterocycles. The summed E-state index contributed by atoms with van der Waals surface area (Å²) in [6.07, 6.45) is -0.409. The average Bonchev–Trinajstić information content (AvgIpc) is 2.63. The Balaban J connectivity index is 2.18. The molecule has 0 fully saturated rings. The minimum atomic E-state index is -3.73. The summed E-state index contributed by atoms with van der Waals surface area (Å²) >= 11 is 0. The predicted octanol–water partition coefficient (Wildman–Crippen LogP) is 2.40. The van der Waals surface area contributed by atoms with E-state index < -0.39 is 28.3 Å². The van der Waals surface area contributed by atoms with Crippen molar-refractivity contribution in [2.24, 2.45) is 0 Å². The monoisotopic (exact) mass is 376 g/mol. The van der Waals surface area contributed by atoms with Gasteiger partial charge in [0.15, 0.2) is 0 Å². The second kappa shape index (κ2) is 8.48. The summed E-state index contributed by atoms with van der Waals surface area (Å²) in [4.78, 5) is 22.8. The molecule has 26 heavy (non-hydrogen) atoms. The van der Waals surface area contributed by atoms with Crippen LogP contribution in [0.1, 0.15) is 13.3 Å². The molecule has 2 aromatic rings. The molecule has 0 heterocycles. The molecule has 7 nitrogen and oxygen atoms in total. The molecule has 0 radical (unpaired) electrons. The first kappa shape index (κ1) is 19.5. The van der Waals surface area contributed by atoms with Gasteiger partial charge < -0.3 is 10.1 Å². The van der Waals surface area contributed by atoms with Gasteiger partial charge in [-0.15, -0.1) is 0 Å². The molecule has 8 heteroatoms. The van der Waals surface area contributed by atoms with E-state index in [-0.39, 0.29) is 11.4 Å². The number of amides is 1. The standard InChI is InChI=1S/C18H20N2O5S/c1-3-20(15-7-5-4-6-8-15)26(23,24)16-11-9-14(10-12-16)19-17(21)13-18(22)25-2/h4-12H,3,13H2,1-2H3,(H,19,21). The second-order valence-electron chi connectivity index (χ2n) is 5.33. The topological polar surface area (TPSA) is 92.8 Å². The fourth-order valence-electron chi connectivity index (χ4n) is 2.33. The Labute approximate surface area is 152 Å². The van der Waals surface area contributed by atoms with Crippen molar-refractivity contribution in [3.63, 3.8) is 0 Å². The van der Waals surface area contributed by atoms with E-state index >= 15 is 0 Å². The number of carbonyl (C=O) groups is 2. The van der Waals surface area contributed by atoms with Crippen molar-refractivity contribution in [1.29, 1.82) is 0 Å². The Morgan fingerprint density at radius 1 is 1.04 bits per heavy atom. The van der Waals surface area contributed by atoms with Gasteiger partial charge in [-0.1, -0.05) is 18.2 Å². The minimum Gasteiger partial charge on any atom is -0.469 e. The Kier molecular flexibility index (Phi) is 6.35. The van der Waals surface area contributed by atoms with Gasteiger partial charge in [0.25, 0.3) is 10.0 Å². The molecule has 0 atom stereocenters. The molecule has 0 aliphatic rings. The first-order valence-electron chi connectivity index (χ1n) is 7.93. The van der Waals surface area contributed by atoms with E-state index in [0.29, 0.717) is 11.4 Å². The molecule has 0 unspecified atom stereocenters. The first-order valence-corrected chi connectivity index (χ1v) is 9.37. The molecule has 2 rings (SSSR count). The average molecular weight is 376 g/mol. The molecule has 0 bridgehead atoms. The Hall–Kier alpha value is -2.87. The normalized spacial score (nSPS) is 10.8. The largest absolute Gasteiger partial charge is 0.469 e. The van der Waals surface area contributed by atoms with Crippen molar-refractivity contribution < 1.29 is 22.7 Å². The highest BCUT2D eigenvalue weighted by Crippen LogP contribution is 2.24. The number of hydrogen-bond donors (Lipinski definition) is 1. The highest BCUT2D eigenvalue weighted by molar-refractivity contribution is 7.92. The van der Waals surface area contributed by atoms with Crippen LogP contribution in [-0.4, -0.2) is 33.9 Å². The third-order valence-electron chi connectivity index (χ3n) is 3.59. The van der Waals surface area contributed by atoms with Gasteiger partial charge in [-0.05, 0) is 43.3 Å². The van der Waals surface area contributed by atoms with E-state index in [0.717, 1.165) is 0 Å². The number of esters is 1. The van der Waals surface area contributed by atoms with Crippen LogP contribution in [0, 0.1) is 0 Å². The molecule has 2 aromatic carbocycles. The van der Waals surface area contributed by atoms with E-state index in [1.807, 2.05) is 6.07 Å². The number of rotatable bonds is 7. The van der Waals surface area contributed by atoms with Crippen LogP contribution < -0.4 is 9.62 Å². The van der Waals surface area contributed by atoms with Crippen LogP contribution in [0.5, 0.6) is 0 Å². The van der Waals surface area contributed by atoms with Crippen LogP contribution in [-0.2, 0) is 24.3 Å². The number of ether oxygens (including phenoxy) is 1. The summed E-state index contributed by atoms with van der Waals surface area (Å²) in [5.74, 6) is -1.19. The third kappa shape index (κ3) is 4.60. The number of nitrogens with zero attached hydrogens (tertiary/aromatic N) is 1. The van der Waals surface area contributed by atoms with E-state index in [4.69, 9.17) is 0 Å². The number of nitrogens with one attached hydrogen (secondary N) is 1. The lowest BCUT2D eigenvalue weighted by atomic mass is 10.3. The Morgan fingerprint density at radius 3 is 2.19 bits per heavy atom. The van der Waals surface area contributed by atoms with Crippen LogP contribution in [0.2, 0.25) is 0 Å². The summed E-state index contributed by atoms with van der Waals surface area (Å²) < 4.78 is 31.4. The van der Waals surface area contributed by atoms with Gasteiger partial charge in [0, 0.05) is 12.2 Å². The van der Waals surface area contributed by atoms with Gasteiger partial charge in [-0.3, -0.25) is 13.9 Å².